The molecular weight excluding hydrogens is 394 g/mol. The zero-order valence-electron chi connectivity index (χ0n) is 15.4. The average Bonchev–Trinajstić information content (AvgIpc) is 3.10. The van der Waals surface area contributed by atoms with Gasteiger partial charge in [-0.3, -0.25) is 0 Å². The van der Waals surface area contributed by atoms with Gasteiger partial charge in [0.15, 0.2) is 5.65 Å². The summed E-state index contributed by atoms with van der Waals surface area (Å²) in [5.74, 6) is 2.24. The van der Waals surface area contributed by atoms with Crippen molar-refractivity contribution in [3.05, 3.63) is 71.2 Å². The molecule has 5 nitrogen and oxygen atoms in total. The van der Waals surface area contributed by atoms with E-state index in [4.69, 9.17) is 26.2 Å². The van der Waals surface area contributed by atoms with Crippen molar-refractivity contribution in [2.45, 2.75) is 10.8 Å². The van der Waals surface area contributed by atoms with Crippen LogP contribution in [-0.4, -0.2) is 28.8 Å². The summed E-state index contributed by atoms with van der Waals surface area (Å²) in [5, 5.41) is 6.27. The summed E-state index contributed by atoms with van der Waals surface area (Å²) in [4.78, 5) is 4.67. The van der Waals surface area contributed by atoms with Gasteiger partial charge < -0.3 is 9.47 Å². The Morgan fingerprint density at radius 1 is 1.00 bits per heavy atom. The van der Waals surface area contributed by atoms with E-state index in [0.29, 0.717) is 10.9 Å². The molecule has 0 atom stereocenters. The lowest BCUT2D eigenvalue weighted by Gasteiger charge is -2.06. The summed E-state index contributed by atoms with van der Waals surface area (Å²) in [6, 6.07) is 19.5. The number of thioether (sulfide) groups is 1. The van der Waals surface area contributed by atoms with E-state index in [1.807, 2.05) is 54.6 Å². The lowest BCUT2D eigenvalue weighted by atomic mass is 10.2. The Morgan fingerprint density at radius 2 is 1.82 bits per heavy atom. The van der Waals surface area contributed by atoms with Crippen LogP contribution in [0.2, 0.25) is 5.02 Å². The Hall–Kier alpha value is -2.70. The highest BCUT2D eigenvalue weighted by atomic mass is 35.5. The first-order valence-corrected chi connectivity index (χ1v) is 10.00. The number of benzene rings is 2. The number of nitrogens with zero attached hydrogens (tertiary/aromatic N) is 3. The van der Waals surface area contributed by atoms with Gasteiger partial charge in [0.2, 0.25) is 5.88 Å². The summed E-state index contributed by atoms with van der Waals surface area (Å²) in [7, 11) is 3.30. The first kappa shape index (κ1) is 18.7. The van der Waals surface area contributed by atoms with Gasteiger partial charge in [-0.15, -0.1) is 0 Å². The van der Waals surface area contributed by atoms with Crippen molar-refractivity contribution in [3.8, 4) is 22.9 Å². The zero-order chi connectivity index (χ0) is 19.5. The smallest absolute Gasteiger partial charge is 0.243 e. The molecule has 2 heterocycles. The van der Waals surface area contributed by atoms with E-state index in [1.54, 1.807) is 30.5 Å². The van der Waals surface area contributed by atoms with Crippen molar-refractivity contribution in [2.75, 3.05) is 14.2 Å². The van der Waals surface area contributed by atoms with E-state index in [-0.39, 0.29) is 0 Å². The average molecular weight is 412 g/mol. The third-order valence-corrected chi connectivity index (χ3v) is 5.49. The van der Waals surface area contributed by atoms with Crippen LogP contribution in [0.5, 0.6) is 11.6 Å². The molecule has 0 spiro atoms. The van der Waals surface area contributed by atoms with E-state index < -0.39 is 0 Å². The van der Waals surface area contributed by atoms with Gasteiger partial charge >= 0.3 is 0 Å². The molecule has 0 bridgehead atoms. The van der Waals surface area contributed by atoms with E-state index in [0.717, 1.165) is 33.4 Å². The van der Waals surface area contributed by atoms with Crippen molar-refractivity contribution < 1.29 is 9.47 Å². The normalized spacial score (nSPS) is 11.0. The number of fused-ring (bicyclic) bond motifs is 1. The molecule has 0 radical (unpaired) electrons. The number of ether oxygens (including phenoxy) is 2. The van der Waals surface area contributed by atoms with Crippen molar-refractivity contribution >= 4 is 29.0 Å². The Bertz CT molecular complexity index is 1110. The van der Waals surface area contributed by atoms with E-state index in [1.165, 1.54) is 5.56 Å². The molecule has 2 aromatic carbocycles. The minimum absolute atomic E-state index is 0.598. The number of rotatable bonds is 6. The molecule has 0 aliphatic rings. The van der Waals surface area contributed by atoms with Gasteiger partial charge in [-0.25, -0.2) is 4.98 Å². The molecule has 0 saturated carbocycles. The van der Waals surface area contributed by atoms with Crippen LogP contribution in [0.25, 0.3) is 16.9 Å². The zero-order valence-corrected chi connectivity index (χ0v) is 17.0. The van der Waals surface area contributed by atoms with E-state index in [9.17, 15) is 0 Å². The maximum Gasteiger partial charge on any atom is 0.243 e. The van der Waals surface area contributed by atoms with Crippen LogP contribution in [0.3, 0.4) is 0 Å². The molecule has 0 unspecified atom stereocenters. The van der Waals surface area contributed by atoms with Crippen LogP contribution in [-0.2, 0) is 5.75 Å². The molecule has 0 aliphatic heterocycles. The number of hydrogen-bond acceptors (Lipinski definition) is 5. The number of imidazole rings is 1. The number of aromatic nitrogens is 3. The number of methoxy groups -OCH3 is 2. The Morgan fingerprint density at radius 3 is 2.57 bits per heavy atom. The van der Waals surface area contributed by atoms with Crippen molar-refractivity contribution in [3.63, 3.8) is 0 Å². The minimum atomic E-state index is 0.598. The lowest BCUT2D eigenvalue weighted by Crippen LogP contribution is -1.97. The molecule has 7 heteroatoms. The van der Waals surface area contributed by atoms with Gasteiger partial charge in [0, 0.05) is 16.3 Å². The highest BCUT2D eigenvalue weighted by molar-refractivity contribution is 7.98. The quantitative estimate of drug-likeness (QED) is 0.400. The van der Waals surface area contributed by atoms with Gasteiger partial charge in [0.25, 0.3) is 0 Å². The highest BCUT2D eigenvalue weighted by Crippen LogP contribution is 2.32. The molecule has 2 aromatic heterocycles. The van der Waals surface area contributed by atoms with Gasteiger partial charge in [-0.2, -0.15) is 9.61 Å². The SMILES string of the molecule is COc1cccc(CSc2ccc3nc(-c4ccc(Cl)cc4)c(OC)n3n2)c1. The van der Waals surface area contributed by atoms with E-state index >= 15 is 0 Å². The Balaban J connectivity index is 1.63. The van der Waals surface area contributed by atoms with Crippen molar-refractivity contribution in [1.82, 2.24) is 14.6 Å². The van der Waals surface area contributed by atoms with E-state index in [2.05, 4.69) is 11.1 Å². The fourth-order valence-corrected chi connectivity index (χ4v) is 3.80. The number of hydrogen-bond donors (Lipinski definition) is 0. The largest absolute Gasteiger partial charge is 0.497 e. The molecule has 142 valence electrons. The molecule has 0 saturated heterocycles. The number of halogens is 1. The molecular formula is C21H18ClN3O2S. The minimum Gasteiger partial charge on any atom is -0.497 e. The maximum absolute atomic E-state index is 6.00. The predicted molar refractivity (Wildman–Crippen MR) is 113 cm³/mol. The summed E-state index contributed by atoms with van der Waals surface area (Å²) in [5.41, 5.74) is 3.57. The summed E-state index contributed by atoms with van der Waals surface area (Å²) >= 11 is 7.64. The first-order valence-electron chi connectivity index (χ1n) is 8.63. The van der Waals surface area contributed by atoms with Crippen LogP contribution >= 0.6 is 23.4 Å². The monoisotopic (exact) mass is 411 g/mol. The summed E-state index contributed by atoms with van der Waals surface area (Å²) in [6.07, 6.45) is 0. The first-order chi connectivity index (χ1) is 13.7. The molecule has 4 aromatic rings. The third kappa shape index (κ3) is 3.79. The lowest BCUT2D eigenvalue weighted by molar-refractivity contribution is 0.387. The topological polar surface area (TPSA) is 48.7 Å². The van der Waals surface area contributed by atoms with Crippen LogP contribution < -0.4 is 9.47 Å². The van der Waals surface area contributed by atoms with Gasteiger partial charge in [-0.1, -0.05) is 47.6 Å². The second kappa shape index (κ2) is 8.12. The molecule has 28 heavy (non-hydrogen) atoms. The van der Waals surface area contributed by atoms with Gasteiger partial charge in [0.05, 0.1) is 14.2 Å². The molecule has 0 fully saturated rings. The standard InChI is InChI=1S/C21H18ClN3O2S/c1-26-17-5-3-4-14(12-17)13-28-19-11-10-18-23-20(21(27-2)25(18)24-19)15-6-8-16(22)9-7-15/h3-12H,13H2,1-2H3. The molecule has 0 N–H and O–H groups in total. The Labute approximate surface area is 172 Å². The fourth-order valence-electron chi connectivity index (χ4n) is 2.87. The summed E-state index contributed by atoms with van der Waals surface area (Å²) in [6.45, 7) is 0. The van der Waals surface area contributed by atoms with Crippen LogP contribution in [0.1, 0.15) is 5.56 Å². The predicted octanol–water partition coefficient (Wildman–Crippen LogP) is 5.36. The molecule has 0 aliphatic carbocycles. The molecule has 4 rings (SSSR count). The summed E-state index contributed by atoms with van der Waals surface area (Å²) < 4.78 is 12.6. The fraction of sp³-hybridized carbons (Fsp3) is 0.143. The second-order valence-corrected chi connectivity index (χ2v) is 7.49. The molecule has 0 amide bonds. The van der Waals surface area contributed by atoms with Crippen molar-refractivity contribution in [2.24, 2.45) is 0 Å². The van der Waals surface area contributed by atoms with Gasteiger partial charge in [0.1, 0.15) is 16.5 Å². The van der Waals surface area contributed by atoms with Gasteiger partial charge in [-0.05, 0) is 42.0 Å². The Kier molecular flexibility index (Phi) is 5.41. The van der Waals surface area contributed by atoms with Crippen LogP contribution in [0.15, 0.2) is 65.7 Å². The third-order valence-electron chi connectivity index (χ3n) is 4.24. The van der Waals surface area contributed by atoms with Crippen LogP contribution in [0, 0.1) is 0 Å². The van der Waals surface area contributed by atoms with Crippen molar-refractivity contribution in [1.29, 1.82) is 0 Å². The van der Waals surface area contributed by atoms with Crippen LogP contribution in [0.4, 0.5) is 0 Å². The second-order valence-electron chi connectivity index (χ2n) is 6.06. The maximum atomic E-state index is 6.00. The highest BCUT2D eigenvalue weighted by Gasteiger charge is 2.16.